The Kier molecular flexibility index (Phi) is 5.00. The first-order valence-corrected chi connectivity index (χ1v) is 9.67. The summed E-state index contributed by atoms with van der Waals surface area (Å²) in [6.45, 7) is 8.60. The van der Waals surface area contributed by atoms with Crippen LogP contribution >= 0.6 is 0 Å². The third-order valence-corrected chi connectivity index (χ3v) is 4.82. The van der Waals surface area contributed by atoms with Crippen LogP contribution in [-0.4, -0.2) is 57.2 Å². The third kappa shape index (κ3) is 4.11. The minimum atomic E-state index is -0.365. The minimum absolute atomic E-state index is 0.177. The minimum Gasteiger partial charge on any atom is -0.415 e. The van der Waals surface area contributed by atoms with Crippen LogP contribution in [0.2, 0.25) is 0 Å². The number of nitrogens with zero attached hydrogens (tertiary/aromatic N) is 6. The van der Waals surface area contributed by atoms with Gasteiger partial charge in [0, 0.05) is 37.2 Å². The van der Waals surface area contributed by atoms with E-state index >= 15 is 0 Å². The Balaban J connectivity index is 1.48. The van der Waals surface area contributed by atoms with E-state index in [0.29, 0.717) is 43.7 Å². The van der Waals surface area contributed by atoms with Crippen molar-refractivity contribution in [3.05, 3.63) is 42.7 Å². The van der Waals surface area contributed by atoms with Gasteiger partial charge in [-0.2, -0.15) is 0 Å². The fraction of sp³-hybridized carbons (Fsp3) is 0.381. The second kappa shape index (κ2) is 7.62. The van der Waals surface area contributed by atoms with Gasteiger partial charge in [0.05, 0.1) is 12.4 Å². The van der Waals surface area contributed by atoms with Crippen molar-refractivity contribution >= 4 is 11.7 Å². The van der Waals surface area contributed by atoms with Gasteiger partial charge in [-0.05, 0) is 12.1 Å². The van der Waals surface area contributed by atoms with Crippen molar-refractivity contribution < 1.29 is 9.21 Å². The molecule has 4 rings (SSSR count). The summed E-state index contributed by atoms with van der Waals surface area (Å²) < 4.78 is 5.79. The van der Waals surface area contributed by atoms with Crippen molar-refractivity contribution in [3.8, 4) is 23.0 Å². The van der Waals surface area contributed by atoms with Crippen molar-refractivity contribution in [1.29, 1.82) is 0 Å². The van der Waals surface area contributed by atoms with Gasteiger partial charge in [0.15, 0.2) is 0 Å². The molecule has 8 nitrogen and oxygen atoms in total. The van der Waals surface area contributed by atoms with Gasteiger partial charge in [-0.15, -0.1) is 10.2 Å². The molecule has 0 N–H and O–H groups in total. The molecule has 0 spiro atoms. The Hall–Kier alpha value is -3.29. The van der Waals surface area contributed by atoms with Crippen LogP contribution in [0.5, 0.6) is 0 Å². The van der Waals surface area contributed by atoms with Crippen molar-refractivity contribution in [3.63, 3.8) is 0 Å². The average Bonchev–Trinajstić information content (AvgIpc) is 3.24. The highest BCUT2D eigenvalue weighted by atomic mass is 16.4. The van der Waals surface area contributed by atoms with Crippen molar-refractivity contribution in [2.24, 2.45) is 5.41 Å². The summed E-state index contributed by atoms with van der Waals surface area (Å²) in [4.78, 5) is 25.5. The highest BCUT2D eigenvalue weighted by Crippen LogP contribution is 2.24. The van der Waals surface area contributed by atoms with Gasteiger partial charge in [-0.25, -0.2) is 4.98 Å². The molecule has 8 heteroatoms. The first kappa shape index (κ1) is 19.0. The van der Waals surface area contributed by atoms with Crippen LogP contribution < -0.4 is 4.90 Å². The lowest BCUT2D eigenvalue weighted by Crippen LogP contribution is -2.51. The molecule has 0 radical (unpaired) electrons. The molecule has 29 heavy (non-hydrogen) atoms. The van der Waals surface area contributed by atoms with E-state index in [2.05, 4.69) is 25.1 Å². The molecule has 0 bridgehead atoms. The summed E-state index contributed by atoms with van der Waals surface area (Å²) in [5, 5.41) is 8.24. The molecule has 150 valence electrons. The van der Waals surface area contributed by atoms with E-state index in [1.54, 1.807) is 12.4 Å². The van der Waals surface area contributed by atoms with Crippen LogP contribution in [0.4, 0.5) is 5.82 Å². The lowest BCUT2D eigenvalue weighted by Gasteiger charge is -2.38. The third-order valence-electron chi connectivity index (χ3n) is 4.82. The maximum Gasteiger partial charge on any atom is 0.268 e. The SMILES string of the molecule is CC(C)(C)C(=O)N1CCN(c2cncc(-c3nnc(-c4ccccc4)o3)n2)CC1. The van der Waals surface area contributed by atoms with Gasteiger partial charge in [-0.3, -0.25) is 9.78 Å². The number of piperazine rings is 1. The van der Waals surface area contributed by atoms with Crippen LogP contribution in [0, 0.1) is 5.41 Å². The number of carbonyl (C=O) groups excluding carboxylic acids is 1. The summed E-state index contributed by atoms with van der Waals surface area (Å²) >= 11 is 0. The normalized spacial score (nSPS) is 14.9. The smallest absolute Gasteiger partial charge is 0.268 e. The fourth-order valence-corrected chi connectivity index (χ4v) is 3.25. The largest absolute Gasteiger partial charge is 0.415 e. The summed E-state index contributed by atoms with van der Waals surface area (Å²) in [5.41, 5.74) is 1.02. The highest BCUT2D eigenvalue weighted by molar-refractivity contribution is 5.81. The first-order valence-electron chi connectivity index (χ1n) is 9.67. The van der Waals surface area contributed by atoms with Gasteiger partial charge < -0.3 is 14.2 Å². The van der Waals surface area contributed by atoms with Gasteiger partial charge in [0.25, 0.3) is 5.89 Å². The average molecular weight is 392 g/mol. The molecule has 1 aromatic carbocycles. The van der Waals surface area contributed by atoms with E-state index in [1.165, 1.54) is 0 Å². The maximum atomic E-state index is 12.5. The fourth-order valence-electron chi connectivity index (χ4n) is 3.25. The van der Waals surface area contributed by atoms with Crippen molar-refractivity contribution in [2.75, 3.05) is 31.1 Å². The number of aromatic nitrogens is 4. The molecule has 1 fully saturated rings. The van der Waals surface area contributed by atoms with E-state index in [-0.39, 0.29) is 11.3 Å². The zero-order valence-corrected chi connectivity index (χ0v) is 16.9. The Morgan fingerprint density at radius 2 is 1.66 bits per heavy atom. The number of hydrogen-bond acceptors (Lipinski definition) is 7. The monoisotopic (exact) mass is 392 g/mol. The van der Waals surface area contributed by atoms with E-state index < -0.39 is 0 Å². The number of rotatable bonds is 3. The quantitative estimate of drug-likeness (QED) is 0.677. The van der Waals surface area contributed by atoms with Gasteiger partial charge in [-0.1, -0.05) is 39.0 Å². The molecule has 0 aliphatic carbocycles. The molecule has 0 unspecified atom stereocenters. The predicted octanol–water partition coefficient (Wildman–Crippen LogP) is 2.89. The number of amides is 1. The molecule has 1 saturated heterocycles. The number of hydrogen-bond donors (Lipinski definition) is 0. The second-order valence-corrected chi connectivity index (χ2v) is 8.07. The Morgan fingerprint density at radius 1 is 0.966 bits per heavy atom. The standard InChI is InChI=1S/C21H24N6O2/c1-21(2,3)20(28)27-11-9-26(10-12-27)17-14-22-13-16(23-17)19-25-24-18(29-19)15-7-5-4-6-8-15/h4-8,13-14H,9-12H2,1-3H3. The summed E-state index contributed by atoms with van der Waals surface area (Å²) in [6, 6.07) is 9.60. The van der Waals surface area contributed by atoms with Crippen LogP contribution in [0.1, 0.15) is 20.8 Å². The number of benzene rings is 1. The van der Waals surface area contributed by atoms with Gasteiger partial charge in [0.1, 0.15) is 11.5 Å². The molecule has 1 aliphatic heterocycles. The van der Waals surface area contributed by atoms with Crippen LogP contribution in [0.15, 0.2) is 47.1 Å². The lowest BCUT2D eigenvalue weighted by atomic mass is 9.94. The van der Waals surface area contributed by atoms with Gasteiger partial charge >= 0.3 is 0 Å². The second-order valence-electron chi connectivity index (χ2n) is 8.07. The molecule has 0 saturated carbocycles. The summed E-state index contributed by atoms with van der Waals surface area (Å²) in [7, 11) is 0. The van der Waals surface area contributed by atoms with Crippen LogP contribution in [-0.2, 0) is 4.79 Å². The topological polar surface area (TPSA) is 88.3 Å². The van der Waals surface area contributed by atoms with E-state index in [4.69, 9.17) is 4.42 Å². The molecular weight excluding hydrogens is 368 g/mol. The molecule has 3 aromatic rings. The first-order chi connectivity index (χ1) is 13.9. The maximum absolute atomic E-state index is 12.5. The Morgan fingerprint density at radius 3 is 2.34 bits per heavy atom. The molecule has 2 aromatic heterocycles. The van der Waals surface area contributed by atoms with Crippen LogP contribution in [0.3, 0.4) is 0 Å². The number of carbonyl (C=O) groups is 1. The molecule has 0 atom stereocenters. The lowest BCUT2D eigenvalue weighted by molar-refractivity contribution is -0.139. The molecular formula is C21H24N6O2. The van der Waals surface area contributed by atoms with Gasteiger partial charge in [0.2, 0.25) is 11.8 Å². The molecule has 3 heterocycles. The van der Waals surface area contributed by atoms with E-state index in [1.807, 2.05) is 56.0 Å². The summed E-state index contributed by atoms with van der Waals surface area (Å²) in [6.07, 6.45) is 3.34. The zero-order valence-electron chi connectivity index (χ0n) is 16.9. The summed E-state index contributed by atoms with van der Waals surface area (Å²) in [5.74, 6) is 1.70. The Bertz CT molecular complexity index is 988. The van der Waals surface area contributed by atoms with E-state index in [0.717, 1.165) is 11.4 Å². The van der Waals surface area contributed by atoms with Crippen molar-refractivity contribution in [2.45, 2.75) is 20.8 Å². The van der Waals surface area contributed by atoms with Crippen molar-refractivity contribution in [1.82, 2.24) is 25.1 Å². The predicted molar refractivity (Wildman–Crippen MR) is 109 cm³/mol. The molecule has 1 amide bonds. The highest BCUT2D eigenvalue weighted by Gasteiger charge is 2.30. The van der Waals surface area contributed by atoms with E-state index in [9.17, 15) is 4.79 Å². The van der Waals surface area contributed by atoms with Crippen LogP contribution in [0.25, 0.3) is 23.0 Å². The molecule has 1 aliphatic rings. The number of anilines is 1. The zero-order chi connectivity index (χ0) is 20.4. The Labute approximate surface area is 169 Å².